The van der Waals surface area contributed by atoms with E-state index in [9.17, 15) is 13.2 Å². The van der Waals surface area contributed by atoms with Gasteiger partial charge in [-0.15, -0.1) is 0 Å². The van der Waals surface area contributed by atoms with Gasteiger partial charge in [0.1, 0.15) is 6.07 Å². The molecule has 0 radical (unpaired) electrons. The molecular formula is C14H17N3O3S. The number of carbonyl (C=O) groups excluding carboxylic acids is 1. The Hall–Kier alpha value is -1.91. The van der Waals surface area contributed by atoms with E-state index in [1.807, 2.05) is 19.9 Å². The van der Waals surface area contributed by atoms with Crippen LogP contribution in [-0.2, 0) is 14.8 Å². The van der Waals surface area contributed by atoms with E-state index in [2.05, 4.69) is 0 Å². The first kappa shape index (κ1) is 15.5. The summed E-state index contributed by atoms with van der Waals surface area (Å²) in [6.45, 7) is 4.22. The lowest BCUT2D eigenvalue weighted by atomic mass is 10.2. The van der Waals surface area contributed by atoms with E-state index in [4.69, 9.17) is 5.26 Å². The molecule has 1 aromatic carbocycles. The van der Waals surface area contributed by atoms with Crippen molar-refractivity contribution in [2.75, 3.05) is 19.6 Å². The minimum atomic E-state index is -3.82. The lowest BCUT2D eigenvalue weighted by Crippen LogP contribution is -2.54. The maximum absolute atomic E-state index is 12.6. The van der Waals surface area contributed by atoms with E-state index in [1.54, 1.807) is 17.0 Å². The third kappa shape index (κ3) is 2.91. The molecule has 0 aromatic heterocycles. The number of amides is 1. The van der Waals surface area contributed by atoms with Gasteiger partial charge in [-0.3, -0.25) is 4.79 Å². The first-order valence-corrected chi connectivity index (χ1v) is 8.10. The molecule has 6 nitrogen and oxygen atoms in total. The van der Waals surface area contributed by atoms with Crippen molar-refractivity contribution in [3.63, 3.8) is 0 Å². The molecule has 1 aliphatic rings. The minimum absolute atomic E-state index is 0.0432. The summed E-state index contributed by atoms with van der Waals surface area (Å²) in [5, 5.41) is 9.04. The van der Waals surface area contributed by atoms with Crippen LogP contribution >= 0.6 is 0 Å². The highest BCUT2D eigenvalue weighted by molar-refractivity contribution is 7.89. The number of rotatable bonds is 3. The second kappa shape index (κ2) is 5.84. The third-order valence-electron chi connectivity index (χ3n) is 3.47. The summed E-state index contributed by atoms with van der Waals surface area (Å²) in [5.74, 6) is -0.214. The Morgan fingerprint density at radius 1 is 1.24 bits per heavy atom. The Balaban J connectivity index is 2.30. The first-order chi connectivity index (χ1) is 9.87. The summed E-state index contributed by atoms with van der Waals surface area (Å²) >= 11 is 0. The molecule has 0 aliphatic carbocycles. The molecule has 0 bridgehead atoms. The van der Waals surface area contributed by atoms with Crippen LogP contribution < -0.4 is 0 Å². The highest BCUT2D eigenvalue weighted by Crippen LogP contribution is 2.21. The van der Waals surface area contributed by atoms with Crippen molar-refractivity contribution >= 4 is 15.9 Å². The molecule has 0 saturated carbocycles. The number of hydrogen-bond acceptors (Lipinski definition) is 4. The van der Waals surface area contributed by atoms with E-state index in [0.29, 0.717) is 6.54 Å². The number of hydrogen-bond donors (Lipinski definition) is 0. The third-order valence-corrected chi connectivity index (χ3v) is 5.37. The van der Waals surface area contributed by atoms with Gasteiger partial charge in [-0.2, -0.15) is 9.57 Å². The Bertz CT molecular complexity index is 692. The van der Waals surface area contributed by atoms with Crippen LogP contribution in [0, 0.1) is 11.3 Å². The summed E-state index contributed by atoms with van der Waals surface area (Å²) < 4.78 is 26.3. The Kier molecular flexibility index (Phi) is 4.30. The van der Waals surface area contributed by atoms with Gasteiger partial charge in [0.05, 0.1) is 17.0 Å². The van der Waals surface area contributed by atoms with Crippen LogP contribution in [0.15, 0.2) is 29.2 Å². The molecule has 112 valence electrons. The largest absolute Gasteiger partial charge is 0.338 e. The lowest BCUT2D eigenvalue weighted by Gasteiger charge is -2.36. The molecule has 2 rings (SSSR count). The topological polar surface area (TPSA) is 81.5 Å². The standard InChI is InChI=1S/C14H17N3O3S/c1-11(2)17-8-7-16(10-14(17)18)21(19,20)13-6-4-3-5-12(13)9-15/h3-6,11H,7-8,10H2,1-2H3. The smallest absolute Gasteiger partial charge is 0.244 e. The Morgan fingerprint density at radius 3 is 2.48 bits per heavy atom. The van der Waals surface area contributed by atoms with Crippen molar-refractivity contribution in [2.45, 2.75) is 24.8 Å². The van der Waals surface area contributed by atoms with E-state index >= 15 is 0 Å². The van der Waals surface area contributed by atoms with Crippen molar-refractivity contribution < 1.29 is 13.2 Å². The van der Waals surface area contributed by atoms with E-state index in [1.165, 1.54) is 12.1 Å². The van der Waals surface area contributed by atoms with Crippen LogP contribution in [0.3, 0.4) is 0 Å². The van der Waals surface area contributed by atoms with E-state index < -0.39 is 10.0 Å². The zero-order valence-electron chi connectivity index (χ0n) is 12.0. The number of sulfonamides is 1. The van der Waals surface area contributed by atoms with Crippen LogP contribution in [0.2, 0.25) is 0 Å². The summed E-state index contributed by atoms with van der Waals surface area (Å²) in [4.78, 5) is 13.6. The molecule has 21 heavy (non-hydrogen) atoms. The number of nitrogens with zero attached hydrogens (tertiary/aromatic N) is 3. The highest BCUT2D eigenvalue weighted by Gasteiger charge is 2.34. The molecule has 0 unspecified atom stereocenters. The number of benzene rings is 1. The number of carbonyl (C=O) groups is 1. The highest BCUT2D eigenvalue weighted by atomic mass is 32.2. The average Bonchev–Trinajstić information content (AvgIpc) is 2.46. The van der Waals surface area contributed by atoms with Crippen LogP contribution in [0.25, 0.3) is 0 Å². The maximum atomic E-state index is 12.6. The monoisotopic (exact) mass is 307 g/mol. The Morgan fingerprint density at radius 2 is 1.90 bits per heavy atom. The molecule has 0 atom stereocenters. The zero-order chi connectivity index (χ0) is 15.6. The first-order valence-electron chi connectivity index (χ1n) is 6.66. The lowest BCUT2D eigenvalue weighted by molar-refractivity contribution is -0.135. The maximum Gasteiger partial charge on any atom is 0.244 e. The van der Waals surface area contributed by atoms with Crippen molar-refractivity contribution in [3.8, 4) is 6.07 Å². The molecule has 1 aliphatic heterocycles. The average molecular weight is 307 g/mol. The van der Waals surface area contributed by atoms with Gasteiger partial charge < -0.3 is 4.90 Å². The van der Waals surface area contributed by atoms with Crippen molar-refractivity contribution in [1.82, 2.24) is 9.21 Å². The second-order valence-electron chi connectivity index (χ2n) is 5.13. The quantitative estimate of drug-likeness (QED) is 0.827. The number of piperazine rings is 1. The molecule has 1 heterocycles. The van der Waals surface area contributed by atoms with Gasteiger partial charge in [0.2, 0.25) is 15.9 Å². The van der Waals surface area contributed by atoms with Gasteiger partial charge in [0.15, 0.2) is 0 Å². The zero-order valence-corrected chi connectivity index (χ0v) is 12.8. The second-order valence-corrected chi connectivity index (χ2v) is 7.03. The molecule has 1 aromatic rings. The SMILES string of the molecule is CC(C)N1CCN(S(=O)(=O)c2ccccc2C#N)CC1=O. The molecular weight excluding hydrogens is 290 g/mol. The predicted molar refractivity (Wildman–Crippen MR) is 76.8 cm³/mol. The summed E-state index contributed by atoms with van der Waals surface area (Å²) in [7, 11) is -3.82. The molecule has 1 saturated heterocycles. The van der Waals surface area contributed by atoms with Crippen molar-refractivity contribution in [1.29, 1.82) is 5.26 Å². The fourth-order valence-corrected chi connectivity index (χ4v) is 3.86. The predicted octanol–water partition coefficient (Wildman–Crippen LogP) is 0.800. The molecule has 1 amide bonds. The summed E-state index contributed by atoms with van der Waals surface area (Å²) in [5.41, 5.74) is 0.0937. The van der Waals surface area contributed by atoms with Crippen LogP contribution in [-0.4, -0.2) is 49.2 Å². The molecule has 0 spiro atoms. The Labute approximate surface area is 124 Å². The van der Waals surface area contributed by atoms with Gasteiger partial charge in [-0.05, 0) is 26.0 Å². The summed E-state index contributed by atoms with van der Waals surface area (Å²) in [6, 6.07) is 7.96. The van der Waals surface area contributed by atoms with Crippen LogP contribution in [0.5, 0.6) is 0 Å². The summed E-state index contributed by atoms with van der Waals surface area (Å²) in [6.07, 6.45) is 0. The van der Waals surface area contributed by atoms with E-state index in [0.717, 1.165) is 4.31 Å². The van der Waals surface area contributed by atoms with Crippen molar-refractivity contribution in [3.05, 3.63) is 29.8 Å². The molecule has 7 heteroatoms. The number of nitriles is 1. The van der Waals surface area contributed by atoms with Crippen LogP contribution in [0.1, 0.15) is 19.4 Å². The fourth-order valence-electron chi connectivity index (χ4n) is 2.34. The van der Waals surface area contributed by atoms with Crippen LogP contribution in [0.4, 0.5) is 0 Å². The molecule has 1 fully saturated rings. The normalized spacial score (nSPS) is 17.0. The van der Waals surface area contributed by atoms with Gasteiger partial charge in [0, 0.05) is 19.1 Å². The van der Waals surface area contributed by atoms with Gasteiger partial charge in [-0.1, -0.05) is 12.1 Å². The van der Waals surface area contributed by atoms with E-state index in [-0.39, 0.29) is 35.5 Å². The molecule has 0 N–H and O–H groups in total. The fraction of sp³-hybridized carbons (Fsp3) is 0.429. The minimum Gasteiger partial charge on any atom is -0.338 e. The van der Waals surface area contributed by atoms with Gasteiger partial charge in [-0.25, -0.2) is 8.42 Å². The van der Waals surface area contributed by atoms with Crippen molar-refractivity contribution in [2.24, 2.45) is 0 Å². The van der Waals surface area contributed by atoms with Gasteiger partial charge >= 0.3 is 0 Å². The van der Waals surface area contributed by atoms with Gasteiger partial charge in [0.25, 0.3) is 0 Å².